The van der Waals surface area contributed by atoms with Gasteiger partial charge in [0.25, 0.3) is 0 Å². The Hall–Kier alpha value is -0.410. The van der Waals surface area contributed by atoms with Gasteiger partial charge in [0.05, 0.1) is 5.52 Å². The van der Waals surface area contributed by atoms with Crippen LogP contribution >= 0.6 is 27.7 Å². The zero-order valence-corrected chi connectivity index (χ0v) is 11.4. The van der Waals surface area contributed by atoms with Crippen molar-refractivity contribution < 1.29 is 0 Å². The minimum Gasteiger partial charge on any atom is -0.346 e. The summed E-state index contributed by atoms with van der Waals surface area (Å²) in [5.41, 5.74) is 2.69. The van der Waals surface area contributed by atoms with E-state index in [4.69, 9.17) is 0 Å². The highest BCUT2D eigenvalue weighted by atomic mass is 79.9. The lowest BCUT2D eigenvalue weighted by Gasteiger charge is -2.04. The van der Waals surface area contributed by atoms with Gasteiger partial charge in [0.15, 0.2) is 0 Å². The van der Waals surface area contributed by atoms with Crippen molar-refractivity contribution in [3.05, 3.63) is 34.4 Å². The zero-order chi connectivity index (χ0) is 10.8. The Morgan fingerprint density at radius 2 is 2.20 bits per heavy atom. The van der Waals surface area contributed by atoms with Crippen LogP contribution in [-0.4, -0.2) is 10.3 Å². The molecule has 0 bridgehead atoms. The van der Waals surface area contributed by atoms with E-state index < -0.39 is 0 Å². The summed E-state index contributed by atoms with van der Waals surface area (Å²) in [4.78, 5) is 0. The number of benzene rings is 1. The molecule has 1 aromatic carbocycles. The van der Waals surface area contributed by atoms with Gasteiger partial charge in [-0.2, -0.15) is 11.8 Å². The van der Waals surface area contributed by atoms with Gasteiger partial charge in [0.1, 0.15) is 0 Å². The molecule has 2 rings (SSSR count). The van der Waals surface area contributed by atoms with Crippen molar-refractivity contribution in [1.29, 1.82) is 0 Å². The van der Waals surface area contributed by atoms with E-state index in [1.807, 2.05) is 11.8 Å². The van der Waals surface area contributed by atoms with E-state index in [-0.39, 0.29) is 0 Å². The van der Waals surface area contributed by atoms with Gasteiger partial charge in [0.2, 0.25) is 0 Å². The molecule has 0 N–H and O–H groups in total. The SMILES string of the molecule is CCSCc1cc2cccc(Br)c2n1C. The summed E-state index contributed by atoms with van der Waals surface area (Å²) >= 11 is 5.56. The fourth-order valence-electron chi connectivity index (χ4n) is 1.77. The number of para-hydroxylation sites is 1. The summed E-state index contributed by atoms with van der Waals surface area (Å²) in [6.07, 6.45) is 0. The van der Waals surface area contributed by atoms with Crippen LogP contribution in [0, 0.1) is 0 Å². The van der Waals surface area contributed by atoms with Crippen LogP contribution in [0.5, 0.6) is 0 Å². The van der Waals surface area contributed by atoms with Crippen LogP contribution in [-0.2, 0) is 12.8 Å². The highest BCUT2D eigenvalue weighted by Gasteiger charge is 2.07. The third-order valence-electron chi connectivity index (χ3n) is 2.56. The minimum atomic E-state index is 1.09. The molecule has 0 radical (unpaired) electrons. The van der Waals surface area contributed by atoms with E-state index >= 15 is 0 Å². The molecule has 0 amide bonds. The third kappa shape index (κ3) is 2.08. The molecule has 1 heterocycles. The van der Waals surface area contributed by atoms with Crippen LogP contribution in [0.25, 0.3) is 10.9 Å². The fraction of sp³-hybridized carbons (Fsp3) is 0.333. The topological polar surface area (TPSA) is 4.93 Å². The van der Waals surface area contributed by atoms with E-state index in [2.05, 4.69) is 58.7 Å². The third-order valence-corrected chi connectivity index (χ3v) is 4.11. The molecular weight excluding hydrogens is 270 g/mol. The number of fused-ring (bicyclic) bond motifs is 1. The molecule has 0 aliphatic heterocycles. The second-order valence-electron chi connectivity index (χ2n) is 3.51. The largest absolute Gasteiger partial charge is 0.346 e. The average Bonchev–Trinajstić information content (AvgIpc) is 2.54. The van der Waals surface area contributed by atoms with E-state index in [9.17, 15) is 0 Å². The molecule has 0 aliphatic rings. The predicted octanol–water partition coefficient (Wildman–Crippen LogP) is 4.19. The minimum absolute atomic E-state index is 1.09. The average molecular weight is 284 g/mol. The molecule has 15 heavy (non-hydrogen) atoms. The van der Waals surface area contributed by atoms with Crippen LogP contribution in [0.4, 0.5) is 0 Å². The Morgan fingerprint density at radius 3 is 2.87 bits per heavy atom. The lowest BCUT2D eigenvalue weighted by molar-refractivity contribution is 0.908. The van der Waals surface area contributed by atoms with Gasteiger partial charge in [-0.1, -0.05) is 19.1 Å². The summed E-state index contributed by atoms with van der Waals surface area (Å²) in [6, 6.07) is 8.63. The summed E-state index contributed by atoms with van der Waals surface area (Å²) < 4.78 is 3.46. The first-order valence-electron chi connectivity index (χ1n) is 5.04. The normalized spacial score (nSPS) is 11.1. The van der Waals surface area contributed by atoms with E-state index in [1.54, 1.807) is 0 Å². The Bertz CT molecular complexity index is 476. The highest BCUT2D eigenvalue weighted by molar-refractivity contribution is 9.10. The van der Waals surface area contributed by atoms with Crippen LogP contribution in [0.2, 0.25) is 0 Å². The Balaban J connectivity index is 2.50. The van der Waals surface area contributed by atoms with Gasteiger partial charge in [-0.3, -0.25) is 0 Å². The van der Waals surface area contributed by atoms with Gasteiger partial charge in [-0.05, 0) is 33.8 Å². The number of aryl methyl sites for hydroxylation is 1. The van der Waals surface area contributed by atoms with E-state index in [0.717, 1.165) is 5.75 Å². The first-order chi connectivity index (χ1) is 7.24. The molecular formula is C12H14BrNS. The zero-order valence-electron chi connectivity index (χ0n) is 8.96. The molecule has 2 aromatic rings. The Labute approximate surface area is 103 Å². The second-order valence-corrected chi connectivity index (χ2v) is 5.64. The lowest BCUT2D eigenvalue weighted by atomic mass is 10.2. The van der Waals surface area contributed by atoms with Gasteiger partial charge in [0, 0.05) is 28.4 Å². The Morgan fingerprint density at radius 1 is 1.40 bits per heavy atom. The van der Waals surface area contributed by atoms with Gasteiger partial charge in [-0.15, -0.1) is 0 Å². The summed E-state index contributed by atoms with van der Waals surface area (Å²) in [6.45, 7) is 2.20. The maximum atomic E-state index is 3.60. The molecule has 0 fully saturated rings. The first-order valence-corrected chi connectivity index (χ1v) is 6.99. The quantitative estimate of drug-likeness (QED) is 0.818. The maximum Gasteiger partial charge on any atom is 0.0624 e. The Kier molecular flexibility index (Phi) is 3.42. The van der Waals surface area contributed by atoms with Crippen molar-refractivity contribution in [1.82, 2.24) is 4.57 Å². The van der Waals surface area contributed by atoms with E-state index in [1.165, 1.54) is 26.8 Å². The molecule has 1 aromatic heterocycles. The number of nitrogens with zero attached hydrogens (tertiary/aromatic N) is 1. The van der Waals surface area contributed by atoms with E-state index in [0.29, 0.717) is 0 Å². The molecule has 0 atom stereocenters. The van der Waals surface area contributed by atoms with Crippen molar-refractivity contribution >= 4 is 38.6 Å². The highest BCUT2D eigenvalue weighted by Crippen LogP contribution is 2.27. The van der Waals surface area contributed by atoms with Crippen molar-refractivity contribution in [3.8, 4) is 0 Å². The molecule has 1 nitrogen and oxygen atoms in total. The van der Waals surface area contributed by atoms with Crippen molar-refractivity contribution in [2.45, 2.75) is 12.7 Å². The molecule has 3 heteroatoms. The van der Waals surface area contributed by atoms with Crippen LogP contribution in [0.1, 0.15) is 12.6 Å². The monoisotopic (exact) mass is 283 g/mol. The number of thioether (sulfide) groups is 1. The van der Waals surface area contributed by atoms with Crippen molar-refractivity contribution in [2.75, 3.05) is 5.75 Å². The number of halogens is 1. The first kappa shape index (κ1) is 11.1. The summed E-state index contributed by atoms with van der Waals surface area (Å²) in [5.74, 6) is 2.26. The fourth-order valence-corrected chi connectivity index (χ4v) is 3.11. The summed E-state index contributed by atoms with van der Waals surface area (Å²) in [5, 5.41) is 1.32. The number of rotatable bonds is 3. The second kappa shape index (κ2) is 4.62. The number of hydrogen-bond acceptors (Lipinski definition) is 1. The van der Waals surface area contributed by atoms with Crippen molar-refractivity contribution in [3.63, 3.8) is 0 Å². The van der Waals surface area contributed by atoms with Gasteiger partial charge >= 0.3 is 0 Å². The van der Waals surface area contributed by atoms with Crippen molar-refractivity contribution in [2.24, 2.45) is 7.05 Å². The van der Waals surface area contributed by atoms with Crippen LogP contribution < -0.4 is 0 Å². The molecule has 80 valence electrons. The molecule has 0 aliphatic carbocycles. The molecule has 0 unspecified atom stereocenters. The summed E-state index contributed by atoms with van der Waals surface area (Å²) in [7, 11) is 2.14. The predicted molar refractivity (Wildman–Crippen MR) is 72.5 cm³/mol. The maximum absolute atomic E-state index is 3.60. The van der Waals surface area contributed by atoms with Gasteiger partial charge in [-0.25, -0.2) is 0 Å². The van der Waals surface area contributed by atoms with Crippen LogP contribution in [0.3, 0.4) is 0 Å². The smallest absolute Gasteiger partial charge is 0.0624 e. The molecule has 0 saturated heterocycles. The molecule has 0 spiro atoms. The standard InChI is InChI=1S/C12H14BrNS/c1-3-15-8-10-7-9-5-4-6-11(13)12(9)14(10)2/h4-7H,3,8H2,1-2H3. The van der Waals surface area contributed by atoms with Gasteiger partial charge < -0.3 is 4.57 Å². The molecule has 0 saturated carbocycles. The number of aromatic nitrogens is 1. The lowest BCUT2D eigenvalue weighted by Crippen LogP contribution is -1.94. The number of hydrogen-bond donors (Lipinski definition) is 0. The van der Waals surface area contributed by atoms with Crippen LogP contribution in [0.15, 0.2) is 28.7 Å².